The van der Waals surface area contributed by atoms with Crippen molar-refractivity contribution in [2.45, 2.75) is 38.7 Å². The lowest BCUT2D eigenvalue weighted by atomic mass is 10.1. The van der Waals surface area contributed by atoms with E-state index in [9.17, 15) is 4.79 Å². The van der Waals surface area contributed by atoms with Crippen molar-refractivity contribution in [2.75, 3.05) is 0 Å². The Balaban J connectivity index is 1.72. The van der Waals surface area contributed by atoms with Crippen LogP contribution in [0.15, 0.2) is 24.3 Å². The van der Waals surface area contributed by atoms with Gasteiger partial charge in [-0.05, 0) is 51.0 Å². The molecule has 3 aromatic rings. The van der Waals surface area contributed by atoms with E-state index in [1.54, 1.807) is 15.9 Å². The van der Waals surface area contributed by atoms with E-state index in [0.29, 0.717) is 17.3 Å². The third-order valence-corrected chi connectivity index (χ3v) is 4.86. The molecule has 0 bridgehead atoms. The van der Waals surface area contributed by atoms with E-state index in [-0.39, 0.29) is 6.10 Å². The van der Waals surface area contributed by atoms with Crippen LogP contribution >= 0.6 is 11.3 Å². The molecule has 1 fully saturated rings. The zero-order valence-electron chi connectivity index (χ0n) is 13.0. The van der Waals surface area contributed by atoms with Gasteiger partial charge in [0.1, 0.15) is 22.1 Å². The van der Waals surface area contributed by atoms with Crippen molar-refractivity contribution in [3.05, 3.63) is 35.0 Å². The lowest BCUT2D eigenvalue weighted by Crippen LogP contribution is -2.05. The first-order chi connectivity index (χ1) is 11.2. The molecule has 1 aromatic carbocycles. The predicted molar refractivity (Wildman–Crippen MR) is 89.4 cm³/mol. The quantitative estimate of drug-likeness (QED) is 0.666. The molecule has 0 N–H and O–H groups in total. The highest BCUT2D eigenvalue weighted by Gasteiger charge is 2.29. The summed E-state index contributed by atoms with van der Waals surface area (Å²) < 4.78 is 7.33. The maximum atomic E-state index is 11.6. The monoisotopic (exact) mass is 327 g/mol. The summed E-state index contributed by atoms with van der Waals surface area (Å²) in [6.45, 7) is 3.98. The molecule has 0 spiro atoms. The third-order valence-electron chi connectivity index (χ3n) is 3.79. The Bertz CT molecular complexity index is 860. The average molecular weight is 327 g/mol. The Hall–Kier alpha value is -2.21. The van der Waals surface area contributed by atoms with Gasteiger partial charge in [0, 0.05) is 11.5 Å². The average Bonchev–Trinajstić information content (AvgIpc) is 3.20. The second kappa shape index (κ2) is 5.45. The summed E-state index contributed by atoms with van der Waals surface area (Å²) in [6.07, 6.45) is 3.35. The van der Waals surface area contributed by atoms with Crippen LogP contribution in [0.3, 0.4) is 0 Å². The fraction of sp³-hybridized carbons (Fsp3) is 0.353. The van der Waals surface area contributed by atoms with Gasteiger partial charge in [-0.1, -0.05) is 11.3 Å². The molecule has 1 saturated carbocycles. The molecule has 4 rings (SSSR count). The summed E-state index contributed by atoms with van der Waals surface area (Å²) in [6, 6.07) is 7.67. The molecule has 0 saturated heterocycles. The van der Waals surface area contributed by atoms with Gasteiger partial charge in [0.15, 0.2) is 6.29 Å². The summed E-state index contributed by atoms with van der Waals surface area (Å²) in [5, 5.41) is 5.65. The van der Waals surface area contributed by atoms with Crippen LogP contribution < -0.4 is 4.74 Å². The van der Waals surface area contributed by atoms with Crippen LogP contribution in [0.2, 0.25) is 0 Å². The highest BCUT2D eigenvalue weighted by Crippen LogP contribution is 2.42. The van der Waals surface area contributed by atoms with Crippen LogP contribution in [0, 0.1) is 0 Å². The summed E-state index contributed by atoms with van der Waals surface area (Å²) in [7, 11) is 0. The van der Waals surface area contributed by atoms with E-state index in [1.807, 2.05) is 38.1 Å². The largest absolute Gasteiger partial charge is 0.491 e. The van der Waals surface area contributed by atoms with Crippen molar-refractivity contribution >= 4 is 22.6 Å². The van der Waals surface area contributed by atoms with Crippen LogP contribution in [-0.2, 0) is 0 Å². The number of carbonyl (C=O) groups is 1. The van der Waals surface area contributed by atoms with Crippen LogP contribution in [0.4, 0.5) is 0 Å². The number of aldehydes is 1. The van der Waals surface area contributed by atoms with Gasteiger partial charge in [0.2, 0.25) is 4.96 Å². The topological polar surface area (TPSA) is 56.5 Å². The van der Waals surface area contributed by atoms with Crippen LogP contribution in [-0.4, -0.2) is 27.0 Å². The van der Waals surface area contributed by atoms with Crippen molar-refractivity contribution in [2.24, 2.45) is 0 Å². The molecule has 6 heteroatoms. The molecule has 23 heavy (non-hydrogen) atoms. The Kier molecular flexibility index (Phi) is 3.41. The third kappa shape index (κ3) is 2.63. The minimum Gasteiger partial charge on any atom is -0.491 e. The van der Waals surface area contributed by atoms with Crippen molar-refractivity contribution < 1.29 is 9.53 Å². The van der Waals surface area contributed by atoms with E-state index in [2.05, 4.69) is 10.1 Å². The number of nitrogens with zero attached hydrogens (tertiary/aromatic N) is 3. The Morgan fingerprint density at radius 3 is 2.65 bits per heavy atom. The van der Waals surface area contributed by atoms with Crippen LogP contribution in [0.5, 0.6) is 5.75 Å². The lowest BCUT2D eigenvalue weighted by Gasteiger charge is -2.09. The van der Waals surface area contributed by atoms with Crippen molar-refractivity contribution in [3.63, 3.8) is 0 Å². The minimum atomic E-state index is 0.134. The van der Waals surface area contributed by atoms with Gasteiger partial charge in [-0.15, -0.1) is 0 Å². The standard InChI is InChI=1S/C17H17N3O2S/c1-10(2)22-13-7-5-11(6-8-13)15-14(9-21)20-17(18-15)23-16(19-20)12-3-4-12/h5-10,12H,3-4H2,1-2H3. The van der Waals surface area contributed by atoms with Gasteiger partial charge in [0.25, 0.3) is 0 Å². The molecular weight excluding hydrogens is 310 g/mol. The number of hydrogen-bond donors (Lipinski definition) is 0. The second-order valence-corrected chi connectivity index (χ2v) is 7.05. The number of benzene rings is 1. The molecule has 2 aromatic heterocycles. The SMILES string of the molecule is CC(C)Oc1ccc(-c2nc3sc(C4CC4)nn3c2C=O)cc1. The normalized spacial score (nSPS) is 14.6. The fourth-order valence-electron chi connectivity index (χ4n) is 2.56. The lowest BCUT2D eigenvalue weighted by molar-refractivity contribution is 0.111. The summed E-state index contributed by atoms with van der Waals surface area (Å²) in [4.78, 5) is 17.0. The zero-order valence-corrected chi connectivity index (χ0v) is 13.8. The van der Waals surface area contributed by atoms with Gasteiger partial charge in [-0.3, -0.25) is 4.79 Å². The smallest absolute Gasteiger partial charge is 0.213 e. The molecule has 5 nitrogen and oxygen atoms in total. The number of hydrogen-bond acceptors (Lipinski definition) is 5. The van der Waals surface area contributed by atoms with Gasteiger partial charge in [0.05, 0.1) is 6.10 Å². The minimum absolute atomic E-state index is 0.134. The van der Waals surface area contributed by atoms with Crippen molar-refractivity contribution in [1.29, 1.82) is 0 Å². The van der Waals surface area contributed by atoms with E-state index < -0.39 is 0 Å². The van der Waals surface area contributed by atoms with Gasteiger partial charge < -0.3 is 4.74 Å². The highest BCUT2D eigenvalue weighted by molar-refractivity contribution is 7.16. The highest BCUT2D eigenvalue weighted by atomic mass is 32.1. The summed E-state index contributed by atoms with van der Waals surface area (Å²) in [5.41, 5.74) is 2.09. The zero-order chi connectivity index (χ0) is 16.0. The summed E-state index contributed by atoms with van der Waals surface area (Å²) >= 11 is 1.58. The Morgan fingerprint density at radius 2 is 2.04 bits per heavy atom. The predicted octanol–water partition coefficient (Wildman–Crippen LogP) is 3.93. The maximum absolute atomic E-state index is 11.6. The molecule has 2 heterocycles. The number of rotatable bonds is 5. The first-order valence-corrected chi connectivity index (χ1v) is 8.59. The van der Waals surface area contributed by atoms with E-state index in [4.69, 9.17) is 4.74 Å². The number of ether oxygens (including phenoxy) is 1. The Labute approximate surface area is 137 Å². The molecule has 0 atom stereocenters. The second-order valence-electron chi connectivity index (χ2n) is 6.06. The van der Waals surface area contributed by atoms with Gasteiger partial charge in [-0.2, -0.15) is 9.61 Å². The van der Waals surface area contributed by atoms with Crippen molar-refractivity contribution in [1.82, 2.24) is 14.6 Å². The first-order valence-electron chi connectivity index (χ1n) is 7.77. The molecule has 118 valence electrons. The number of carbonyl (C=O) groups excluding carboxylic acids is 1. The van der Waals surface area contributed by atoms with Crippen LogP contribution in [0.25, 0.3) is 16.2 Å². The van der Waals surface area contributed by atoms with Gasteiger partial charge in [-0.25, -0.2) is 4.98 Å². The van der Waals surface area contributed by atoms with E-state index in [1.165, 1.54) is 12.8 Å². The Morgan fingerprint density at radius 1 is 1.30 bits per heavy atom. The molecule has 0 radical (unpaired) electrons. The molecular formula is C17H17N3O2S. The summed E-state index contributed by atoms with van der Waals surface area (Å²) in [5.74, 6) is 1.38. The molecule has 0 unspecified atom stereocenters. The molecule has 0 amide bonds. The van der Waals surface area contributed by atoms with E-state index in [0.717, 1.165) is 27.6 Å². The number of imidazole rings is 1. The first kappa shape index (κ1) is 14.4. The van der Waals surface area contributed by atoms with Crippen molar-refractivity contribution in [3.8, 4) is 17.0 Å². The number of aromatic nitrogens is 3. The van der Waals surface area contributed by atoms with E-state index >= 15 is 0 Å². The number of fused-ring (bicyclic) bond motifs is 1. The van der Waals surface area contributed by atoms with Gasteiger partial charge >= 0.3 is 0 Å². The molecule has 1 aliphatic rings. The van der Waals surface area contributed by atoms with Crippen LogP contribution in [0.1, 0.15) is 48.1 Å². The fourth-order valence-corrected chi connectivity index (χ4v) is 3.63. The molecule has 0 aliphatic heterocycles. The molecule has 1 aliphatic carbocycles. The maximum Gasteiger partial charge on any atom is 0.213 e.